The average molecular weight is 344 g/mol. The molecule has 0 bridgehead atoms. The van der Waals surface area contributed by atoms with Gasteiger partial charge in [-0.1, -0.05) is 11.6 Å². The van der Waals surface area contributed by atoms with Gasteiger partial charge in [-0.3, -0.25) is 4.79 Å². The summed E-state index contributed by atoms with van der Waals surface area (Å²) >= 11 is 5.74. The van der Waals surface area contributed by atoms with Gasteiger partial charge >= 0.3 is 0 Å². The van der Waals surface area contributed by atoms with Crippen molar-refractivity contribution in [1.82, 2.24) is 0 Å². The largest absolute Gasteiger partial charge is 0.333 e. The molecule has 0 aliphatic heterocycles. The van der Waals surface area contributed by atoms with E-state index in [-0.39, 0.29) is 18.3 Å². The first-order chi connectivity index (χ1) is 10.9. The van der Waals surface area contributed by atoms with Crippen molar-refractivity contribution >= 4 is 23.2 Å². The average Bonchev–Trinajstić information content (AvgIpc) is 2.51. The Morgan fingerprint density at radius 3 is 2.52 bits per heavy atom. The van der Waals surface area contributed by atoms with E-state index in [9.17, 15) is 18.0 Å². The lowest BCUT2D eigenvalue weighted by molar-refractivity contribution is -0.682. The van der Waals surface area contributed by atoms with Crippen LogP contribution in [0.2, 0.25) is 5.02 Å². The Balaban J connectivity index is 1.93. The van der Waals surface area contributed by atoms with Gasteiger partial charge in [-0.15, -0.1) is 0 Å². The zero-order chi connectivity index (χ0) is 17.0. The molecule has 122 valence electrons. The lowest BCUT2D eigenvalue weighted by Crippen LogP contribution is -2.86. The van der Waals surface area contributed by atoms with E-state index < -0.39 is 23.4 Å². The highest BCUT2D eigenvalue weighted by Crippen LogP contribution is 2.19. The first kappa shape index (κ1) is 17.3. The molecule has 23 heavy (non-hydrogen) atoms. The van der Waals surface area contributed by atoms with Gasteiger partial charge in [0.05, 0.1) is 5.69 Å². The summed E-state index contributed by atoms with van der Waals surface area (Å²) in [6, 6.07) is 7.17. The van der Waals surface area contributed by atoms with Gasteiger partial charge in [-0.2, -0.15) is 0 Å². The fourth-order valence-electron chi connectivity index (χ4n) is 2.01. The molecule has 0 unspecified atom stereocenters. The van der Waals surface area contributed by atoms with Gasteiger partial charge in [0.1, 0.15) is 11.9 Å². The molecule has 3 N–H and O–H groups in total. The molecule has 7 heteroatoms. The Morgan fingerprint density at radius 1 is 1.13 bits per heavy atom. The highest BCUT2D eigenvalue weighted by molar-refractivity contribution is 6.30. The van der Waals surface area contributed by atoms with Gasteiger partial charge in [-0.25, -0.2) is 13.2 Å². The molecule has 0 fully saturated rings. The highest BCUT2D eigenvalue weighted by Gasteiger charge is 2.15. The summed E-state index contributed by atoms with van der Waals surface area (Å²) in [6.07, 6.45) is 0. The van der Waals surface area contributed by atoms with Crippen LogP contribution < -0.4 is 10.6 Å². The van der Waals surface area contributed by atoms with Gasteiger partial charge in [-0.05, 0) is 43.3 Å². The lowest BCUT2D eigenvalue weighted by Gasteiger charge is -2.12. The van der Waals surface area contributed by atoms with E-state index in [1.807, 2.05) is 0 Å². The number of anilines is 1. The van der Waals surface area contributed by atoms with Crippen LogP contribution in [0.1, 0.15) is 18.5 Å². The molecule has 2 rings (SSSR count). The number of amides is 1. The molecule has 0 spiro atoms. The molecule has 0 aromatic heterocycles. The molecule has 0 saturated carbocycles. The minimum absolute atomic E-state index is 0.00335. The number of carbonyl (C=O) groups is 1. The SMILES string of the molecule is C[C@H]([NH2+]CC(=O)Nc1cc(Cl)ccc1F)c1ccc(F)c(F)c1. The predicted molar refractivity (Wildman–Crippen MR) is 81.6 cm³/mol. The standard InChI is InChI=1S/C16H14ClF3N2O/c1-9(10-2-4-12(18)14(20)6-10)21-8-16(23)22-15-7-11(17)3-5-13(15)19/h2-7,9,21H,8H2,1H3,(H,22,23)/p+1/t9-/m0/s1. The Kier molecular flexibility index (Phi) is 5.63. The third-order valence-electron chi connectivity index (χ3n) is 3.33. The zero-order valence-electron chi connectivity index (χ0n) is 12.2. The van der Waals surface area contributed by atoms with E-state index in [2.05, 4.69) is 5.32 Å². The number of quaternary nitrogens is 1. The minimum atomic E-state index is -0.937. The van der Waals surface area contributed by atoms with Crippen LogP contribution in [0, 0.1) is 17.5 Å². The van der Waals surface area contributed by atoms with E-state index >= 15 is 0 Å². The fourth-order valence-corrected chi connectivity index (χ4v) is 2.18. The molecule has 0 aliphatic carbocycles. The summed E-state index contributed by atoms with van der Waals surface area (Å²) in [5, 5.41) is 4.35. The van der Waals surface area contributed by atoms with Crippen LogP contribution in [0.4, 0.5) is 18.9 Å². The highest BCUT2D eigenvalue weighted by atomic mass is 35.5. The fraction of sp³-hybridized carbons (Fsp3) is 0.188. The second-order valence-corrected chi connectivity index (χ2v) is 5.51. The van der Waals surface area contributed by atoms with Crippen LogP contribution >= 0.6 is 11.6 Å². The number of hydrogen-bond acceptors (Lipinski definition) is 1. The van der Waals surface area contributed by atoms with E-state index in [1.54, 1.807) is 12.2 Å². The van der Waals surface area contributed by atoms with Gasteiger partial charge in [0, 0.05) is 10.6 Å². The number of rotatable bonds is 5. The zero-order valence-corrected chi connectivity index (χ0v) is 13.0. The van der Waals surface area contributed by atoms with E-state index in [0.717, 1.165) is 18.2 Å². The van der Waals surface area contributed by atoms with Gasteiger partial charge in [0.2, 0.25) is 0 Å². The molecule has 0 saturated heterocycles. The maximum Gasteiger partial charge on any atom is 0.279 e. The van der Waals surface area contributed by atoms with Crippen LogP contribution in [-0.4, -0.2) is 12.5 Å². The molecule has 0 heterocycles. The molecule has 0 aliphatic rings. The molecule has 3 nitrogen and oxygen atoms in total. The molecular weight excluding hydrogens is 329 g/mol. The normalized spacial score (nSPS) is 12.0. The Labute approximate surface area is 136 Å². The van der Waals surface area contributed by atoms with Crippen LogP contribution in [-0.2, 0) is 4.79 Å². The van der Waals surface area contributed by atoms with Crippen LogP contribution in [0.15, 0.2) is 36.4 Å². The van der Waals surface area contributed by atoms with Gasteiger partial charge in [0.15, 0.2) is 18.2 Å². The maximum atomic E-state index is 13.5. The Hall–Kier alpha value is -2.05. The molecule has 1 atom stereocenters. The van der Waals surface area contributed by atoms with Crippen molar-refractivity contribution in [2.24, 2.45) is 0 Å². The first-order valence-corrected chi connectivity index (χ1v) is 7.28. The van der Waals surface area contributed by atoms with Crippen molar-refractivity contribution in [2.75, 3.05) is 11.9 Å². The number of halogens is 4. The van der Waals surface area contributed by atoms with Crippen molar-refractivity contribution in [3.63, 3.8) is 0 Å². The third-order valence-corrected chi connectivity index (χ3v) is 3.56. The first-order valence-electron chi connectivity index (χ1n) is 6.90. The molecule has 0 radical (unpaired) electrons. The maximum absolute atomic E-state index is 13.5. The summed E-state index contributed by atoms with van der Waals surface area (Å²) in [7, 11) is 0. The number of nitrogens with one attached hydrogen (secondary N) is 1. The van der Waals surface area contributed by atoms with Crippen molar-refractivity contribution < 1.29 is 23.3 Å². The van der Waals surface area contributed by atoms with E-state index in [4.69, 9.17) is 11.6 Å². The minimum Gasteiger partial charge on any atom is -0.333 e. The summed E-state index contributed by atoms with van der Waals surface area (Å²) in [6.45, 7) is 1.74. The molecular formula is C16H15ClF3N2O+. The van der Waals surface area contributed by atoms with E-state index in [1.165, 1.54) is 18.2 Å². The smallest absolute Gasteiger partial charge is 0.279 e. The Bertz CT molecular complexity index is 724. The topological polar surface area (TPSA) is 45.7 Å². The monoisotopic (exact) mass is 343 g/mol. The van der Waals surface area contributed by atoms with Crippen molar-refractivity contribution in [3.8, 4) is 0 Å². The van der Waals surface area contributed by atoms with Crippen molar-refractivity contribution in [3.05, 3.63) is 64.4 Å². The second-order valence-electron chi connectivity index (χ2n) is 5.07. The summed E-state index contributed by atoms with van der Waals surface area (Å²) in [5.74, 6) is -2.87. The molecule has 2 aromatic rings. The number of nitrogens with two attached hydrogens (primary N) is 1. The second kappa shape index (κ2) is 7.48. The Morgan fingerprint density at radius 2 is 1.83 bits per heavy atom. The number of carbonyl (C=O) groups excluding carboxylic acids is 1. The lowest BCUT2D eigenvalue weighted by atomic mass is 10.1. The third kappa shape index (κ3) is 4.71. The molecule has 1 amide bonds. The van der Waals surface area contributed by atoms with Crippen molar-refractivity contribution in [2.45, 2.75) is 13.0 Å². The van der Waals surface area contributed by atoms with E-state index in [0.29, 0.717) is 10.6 Å². The van der Waals surface area contributed by atoms with Gasteiger partial charge in [0.25, 0.3) is 5.91 Å². The summed E-state index contributed by atoms with van der Waals surface area (Å²) in [4.78, 5) is 11.8. The molecule has 2 aromatic carbocycles. The van der Waals surface area contributed by atoms with Crippen LogP contribution in [0.25, 0.3) is 0 Å². The summed E-state index contributed by atoms with van der Waals surface area (Å²) in [5.41, 5.74) is 0.544. The van der Waals surface area contributed by atoms with Crippen molar-refractivity contribution in [1.29, 1.82) is 0 Å². The predicted octanol–water partition coefficient (Wildman–Crippen LogP) is 3.02. The van der Waals surface area contributed by atoms with Crippen LogP contribution in [0.3, 0.4) is 0 Å². The van der Waals surface area contributed by atoms with Gasteiger partial charge < -0.3 is 10.6 Å². The summed E-state index contributed by atoms with van der Waals surface area (Å²) < 4.78 is 39.6. The van der Waals surface area contributed by atoms with Crippen LogP contribution in [0.5, 0.6) is 0 Å². The number of benzene rings is 2. The quantitative estimate of drug-likeness (QED) is 0.861. The number of hydrogen-bond donors (Lipinski definition) is 2.